The molecule has 50 valence electrons. The van der Waals surface area contributed by atoms with Crippen molar-refractivity contribution in [1.82, 2.24) is 9.78 Å². The van der Waals surface area contributed by atoms with Crippen LogP contribution in [0.3, 0.4) is 0 Å². The fourth-order valence-electron chi connectivity index (χ4n) is 0.683. The van der Waals surface area contributed by atoms with Crippen molar-refractivity contribution in [2.75, 3.05) is 6.66 Å². The predicted octanol–water partition coefficient (Wildman–Crippen LogP) is 0.662. The molecule has 1 aromatic heterocycles. The number of aromatic nitrogens is 2. The molecule has 0 amide bonds. The topological polar surface area (TPSA) is 17.8 Å². The van der Waals surface area contributed by atoms with Crippen LogP contribution < -0.4 is 5.44 Å². The van der Waals surface area contributed by atoms with Crippen LogP contribution in [0.25, 0.3) is 0 Å². The van der Waals surface area contributed by atoms with Gasteiger partial charge in [-0.3, -0.25) is 4.68 Å². The van der Waals surface area contributed by atoms with Gasteiger partial charge in [0, 0.05) is 12.7 Å². The average Bonchev–Trinajstić information content (AvgIpc) is 2.13. The first-order chi connectivity index (χ1) is 4.24. The smallest absolute Gasteiger partial charge is 0.0819 e. The summed E-state index contributed by atoms with van der Waals surface area (Å²) in [6, 6.07) is 2.12. The lowest BCUT2D eigenvalue weighted by Gasteiger charge is -1.88. The van der Waals surface area contributed by atoms with E-state index in [0.717, 1.165) is 8.58 Å². The molecule has 1 rings (SSSR count). The molecule has 0 saturated heterocycles. The van der Waals surface area contributed by atoms with Crippen LogP contribution in [0.1, 0.15) is 5.69 Å². The maximum atomic E-state index is 4.26. The molecular weight excluding hydrogens is 131 g/mol. The lowest BCUT2D eigenvalue weighted by atomic mass is 10.5. The first kappa shape index (κ1) is 6.76. The van der Waals surface area contributed by atoms with E-state index in [1.54, 1.807) is 0 Å². The summed E-state index contributed by atoms with van der Waals surface area (Å²) in [5.74, 6) is 0. The molecule has 0 radical (unpaired) electrons. The molecule has 0 N–H and O–H groups in total. The van der Waals surface area contributed by atoms with Crippen LogP contribution in [0.5, 0.6) is 0 Å². The van der Waals surface area contributed by atoms with Crippen molar-refractivity contribution in [3.63, 3.8) is 0 Å². The summed E-state index contributed by atoms with van der Waals surface area (Å²) in [5, 5.41) is 4.26. The highest BCUT2D eigenvalue weighted by atomic mass is 31.1. The molecule has 0 aromatic carbocycles. The number of hydrogen-bond acceptors (Lipinski definition) is 1. The minimum absolute atomic E-state index is 0.815. The van der Waals surface area contributed by atoms with E-state index in [-0.39, 0.29) is 0 Å². The normalized spacial score (nSPS) is 11.4. The van der Waals surface area contributed by atoms with Crippen molar-refractivity contribution in [3.05, 3.63) is 11.8 Å². The maximum absolute atomic E-state index is 4.26. The first-order valence-electron chi connectivity index (χ1n) is 2.92. The van der Waals surface area contributed by atoms with Gasteiger partial charge >= 0.3 is 0 Å². The Kier molecular flexibility index (Phi) is 1.87. The second-order valence-corrected chi connectivity index (χ2v) is 3.06. The zero-order valence-electron chi connectivity index (χ0n) is 5.97. The highest BCUT2D eigenvalue weighted by Gasteiger charge is 1.95. The summed E-state index contributed by atoms with van der Waals surface area (Å²) in [5.41, 5.74) is 2.44. The Morgan fingerprint density at radius 1 is 1.67 bits per heavy atom. The standard InChI is InChI=1S/C6H11N2P/c1-5-4-6(9-3)7-8(5)2/h4,9H,1-3H3. The Labute approximate surface area is 57.0 Å². The third-order valence-electron chi connectivity index (χ3n) is 1.37. The van der Waals surface area contributed by atoms with E-state index in [9.17, 15) is 0 Å². The van der Waals surface area contributed by atoms with Gasteiger partial charge in [-0.2, -0.15) is 5.10 Å². The Hall–Kier alpha value is -0.360. The van der Waals surface area contributed by atoms with Crippen LogP contribution in [-0.2, 0) is 7.05 Å². The fourth-order valence-corrected chi connectivity index (χ4v) is 1.29. The maximum Gasteiger partial charge on any atom is 0.0819 e. The van der Waals surface area contributed by atoms with E-state index in [0.29, 0.717) is 0 Å². The number of nitrogens with zero attached hydrogens (tertiary/aromatic N) is 2. The van der Waals surface area contributed by atoms with Crippen LogP contribution >= 0.6 is 8.58 Å². The second kappa shape index (κ2) is 2.49. The highest BCUT2D eigenvalue weighted by Crippen LogP contribution is 2.02. The van der Waals surface area contributed by atoms with Crippen LogP contribution in [0.15, 0.2) is 6.07 Å². The Morgan fingerprint density at radius 2 is 2.33 bits per heavy atom. The molecule has 0 bridgehead atoms. The number of rotatable bonds is 1. The average molecular weight is 142 g/mol. The predicted molar refractivity (Wildman–Crippen MR) is 41.8 cm³/mol. The molecule has 0 aliphatic carbocycles. The molecule has 2 nitrogen and oxygen atoms in total. The van der Waals surface area contributed by atoms with Gasteiger partial charge in [0.25, 0.3) is 0 Å². The number of aryl methyl sites for hydroxylation is 2. The highest BCUT2D eigenvalue weighted by molar-refractivity contribution is 7.45. The molecule has 1 unspecified atom stereocenters. The Morgan fingerprint density at radius 3 is 2.56 bits per heavy atom. The molecule has 0 spiro atoms. The zero-order chi connectivity index (χ0) is 6.85. The van der Waals surface area contributed by atoms with Crippen molar-refractivity contribution in [2.24, 2.45) is 7.05 Å². The first-order valence-corrected chi connectivity index (χ1v) is 4.42. The van der Waals surface area contributed by atoms with Crippen LogP contribution in [-0.4, -0.2) is 16.4 Å². The summed E-state index contributed by atoms with van der Waals surface area (Å²) in [7, 11) is 2.79. The van der Waals surface area contributed by atoms with E-state index in [4.69, 9.17) is 0 Å². The lowest BCUT2D eigenvalue weighted by Crippen LogP contribution is -1.98. The zero-order valence-corrected chi connectivity index (χ0v) is 6.97. The van der Waals surface area contributed by atoms with Gasteiger partial charge in [-0.15, -0.1) is 0 Å². The van der Waals surface area contributed by atoms with Crippen molar-refractivity contribution in [2.45, 2.75) is 6.92 Å². The van der Waals surface area contributed by atoms with Gasteiger partial charge < -0.3 is 0 Å². The van der Waals surface area contributed by atoms with Crippen molar-refractivity contribution < 1.29 is 0 Å². The monoisotopic (exact) mass is 142 g/mol. The summed E-state index contributed by atoms with van der Waals surface area (Å²) >= 11 is 0. The van der Waals surface area contributed by atoms with Gasteiger partial charge in [0.05, 0.1) is 5.44 Å². The summed E-state index contributed by atoms with van der Waals surface area (Å²) < 4.78 is 1.91. The molecule has 9 heavy (non-hydrogen) atoms. The molecule has 1 aromatic rings. The quantitative estimate of drug-likeness (QED) is 0.527. The fraction of sp³-hybridized carbons (Fsp3) is 0.500. The molecule has 3 heteroatoms. The van der Waals surface area contributed by atoms with Crippen LogP contribution in [0, 0.1) is 6.92 Å². The van der Waals surface area contributed by atoms with Gasteiger partial charge in [-0.05, 0) is 19.7 Å². The lowest BCUT2D eigenvalue weighted by molar-refractivity contribution is 0.747. The van der Waals surface area contributed by atoms with E-state index in [2.05, 4.69) is 24.8 Å². The van der Waals surface area contributed by atoms with Crippen LogP contribution in [0.2, 0.25) is 0 Å². The molecular formula is C6H11N2P. The van der Waals surface area contributed by atoms with Gasteiger partial charge in [-0.25, -0.2) is 0 Å². The molecule has 0 fully saturated rings. The SMILES string of the molecule is CPc1cc(C)n(C)n1. The van der Waals surface area contributed by atoms with Crippen molar-refractivity contribution in [1.29, 1.82) is 0 Å². The van der Waals surface area contributed by atoms with Crippen LogP contribution in [0.4, 0.5) is 0 Å². The van der Waals surface area contributed by atoms with E-state index >= 15 is 0 Å². The van der Waals surface area contributed by atoms with Crippen molar-refractivity contribution in [3.8, 4) is 0 Å². The van der Waals surface area contributed by atoms with Gasteiger partial charge in [0.2, 0.25) is 0 Å². The summed E-state index contributed by atoms with van der Waals surface area (Å²) in [4.78, 5) is 0. The van der Waals surface area contributed by atoms with Crippen molar-refractivity contribution >= 4 is 14.0 Å². The largest absolute Gasteiger partial charge is 0.272 e. The van der Waals surface area contributed by atoms with E-state index in [1.165, 1.54) is 11.1 Å². The van der Waals surface area contributed by atoms with Gasteiger partial charge in [0.1, 0.15) is 0 Å². The van der Waals surface area contributed by atoms with Gasteiger partial charge in [-0.1, -0.05) is 8.58 Å². The summed E-state index contributed by atoms with van der Waals surface area (Å²) in [6.45, 7) is 4.21. The third-order valence-corrected chi connectivity index (χ3v) is 2.13. The molecule has 0 aliphatic heterocycles. The molecule has 1 atom stereocenters. The third kappa shape index (κ3) is 1.31. The summed E-state index contributed by atoms with van der Waals surface area (Å²) in [6.07, 6.45) is 0. The molecule has 0 aliphatic rings. The molecule has 1 heterocycles. The number of hydrogen-bond donors (Lipinski definition) is 0. The Balaban J connectivity index is 2.98. The van der Waals surface area contributed by atoms with Gasteiger partial charge in [0.15, 0.2) is 0 Å². The minimum atomic E-state index is 0.815. The second-order valence-electron chi connectivity index (χ2n) is 2.04. The molecule has 0 saturated carbocycles. The van der Waals surface area contributed by atoms with E-state index < -0.39 is 0 Å². The Bertz CT molecular complexity index is 185. The van der Waals surface area contributed by atoms with E-state index in [1.807, 2.05) is 11.7 Å². The minimum Gasteiger partial charge on any atom is -0.272 e.